The molecule has 0 amide bonds. The van der Waals surface area contributed by atoms with Gasteiger partial charge in [0.05, 0.1) is 0 Å². The molecule has 0 spiro atoms. The maximum absolute atomic E-state index is 6.94. The van der Waals surface area contributed by atoms with Gasteiger partial charge in [-0.15, -0.1) is 0 Å². The van der Waals surface area contributed by atoms with Crippen molar-refractivity contribution in [1.29, 1.82) is 0 Å². The van der Waals surface area contributed by atoms with Crippen LogP contribution in [0.25, 0.3) is 0 Å². The standard InChI is InChI=1S/C35H58O6Si2.Ti/c1-34(2,3)42(9,10)40-32(26-38-24-28-16-20-30(36-7)21-17-28)14-13-15-33(41-43(11,12)35(4,5)6)27-39-25-29-18-22-31(37-8)23-19-29;/h16-23,32-33H,14-15,24-27H2,1-12H3;/q;+2/t32-,33-;/m1./s1. The van der Waals surface area contributed by atoms with Crippen molar-refractivity contribution in [2.45, 2.75) is 116 Å². The van der Waals surface area contributed by atoms with Crippen molar-refractivity contribution in [2.75, 3.05) is 27.4 Å². The Hall–Kier alpha value is -1.10. The van der Waals surface area contributed by atoms with Crippen molar-refractivity contribution in [2.24, 2.45) is 0 Å². The van der Waals surface area contributed by atoms with Crippen molar-refractivity contribution < 1.29 is 47.8 Å². The van der Waals surface area contributed by atoms with E-state index in [2.05, 4.69) is 112 Å². The molecular formula is C35H58O6Si2Ti+2. The number of rotatable bonds is 18. The van der Waals surface area contributed by atoms with Crippen LogP contribution >= 0.6 is 0 Å². The first kappa shape index (κ1) is 39.1. The zero-order valence-electron chi connectivity index (χ0n) is 29.5. The van der Waals surface area contributed by atoms with Gasteiger partial charge in [-0.1, -0.05) is 0 Å². The molecule has 0 radical (unpaired) electrons. The number of methoxy groups -OCH3 is 2. The van der Waals surface area contributed by atoms with Crippen molar-refractivity contribution in [3.05, 3.63) is 59.7 Å². The van der Waals surface area contributed by atoms with Crippen molar-refractivity contribution >= 4 is 20.4 Å². The molecule has 6 nitrogen and oxygen atoms in total. The van der Waals surface area contributed by atoms with Gasteiger partial charge in [0.2, 0.25) is 0 Å². The van der Waals surface area contributed by atoms with E-state index >= 15 is 0 Å². The fourth-order valence-electron chi connectivity index (χ4n) is 4.15. The first-order chi connectivity index (χ1) is 20.4. The van der Waals surface area contributed by atoms with E-state index < -0.39 is 16.6 Å². The second kappa shape index (κ2) is 17.2. The Kier molecular flexibility index (Phi) is 15.2. The minimum atomic E-state index is -2.01. The van der Waals surface area contributed by atoms with Crippen LogP contribution in [0.1, 0.15) is 65.5 Å². The Morgan fingerprint density at radius 1 is 0.614 bits per heavy atom. The molecule has 0 unspecified atom stereocenters. The Morgan fingerprint density at radius 2 is 0.932 bits per heavy atom. The second-order valence-corrected chi connectivity index (χ2v) is 25.4. The monoisotopic (exact) mass is 678 g/mol. The molecule has 0 saturated carbocycles. The first-order valence-corrected chi connectivity index (χ1v) is 22.3. The predicted molar refractivity (Wildman–Crippen MR) is 184 cm³/mol. The van der Waals surface area contributed by atoms with E-state index in [0.717, 1.165) is 35.5 Å². The van der Waals surface area contributed by atoms with Gasteiger partial charge < -0.3 is 0 Å². The zero-order valence-corrected chi connectivity index (χ0v) is 33.0. The fraction of sp³-hybridized carbons (Fsp3) is 0.629. The van der Waals surface area contributed by atoms with Crippen LogP contribution in [-0.4, -0.2) is 60.1 Å². The minimum absolute atomic E-state index is 0.0251. The average Bonchev–Trinajstić information content (AvgIpc) is 2.92. The van der Waals surface area contributed by atoms with Crippen LogP contribution in [0.15, 0.2) is 48.5 Å². The van der Waals surface area contributed by atoms with Crippen LogP contribution in [0.5, 0.6) is 11.5 Å². The Balaban J connectivity index is 2.13. The van der Waals surface area contributed by atoms with Crippen LogP contribution in [0.4, 0.5) is 0 Å². The third-order valence-corrected chi connectivity index (χ3v) is 18.7. The molecule has 2 rings (SSSR count). The van der Waals surface area contributed by atoms with Gasteiger partial charge in [0.25, 0.3) is 0 Å². The molecule has 0 fully saturated rings. The van der Waals surface area contributed by atoms with Gasteiger partial charge in [0.1, 0.15) is 0 Å². The molecule has 0 aliphatic rings. The molecule has 9 heteroatoms. The van der Waals surface area contributed by atoms with Gasteiger partial charge in [-0.25, -0.2) is 0 Å². The van der Waals surface area contributed by atoms with E-state index in [1.165, 1.54) is 3.81 Å². The number of hydrogen-bond donors (Lipinski definition) is 0. The van der Waals surface area contributed by atoms with Gasteiger partial charge in [-0.2, -0.15) is 0 Å². The van der Waals surface area contributed by atoms with Crippen LogP contribution in [0, 0.1) is 0 Å². The summed E-state index contributed by atoms with van der Waals surface area (Å²) >= 11 is 2.23. The molecule has 0 aromatic heterocycles. The molecule has 0 N–H and O–H groups in total. The Bertz CT molecular complexity index is 1050. The van der Waals surface area contributed by atoms with Crippen molar-refractivity contribution in [1.82, 2.24) is 0 Å². The SMILES string of the molecule is COc1ccc(COC[C@@H](C[C](=[Ti+2])C[C@H](COCc2ccc(OC)cc2)O[Si](C)(C)C(C)(C)C)O[Si](C)(C)C(C)(C)C)cc1. The van der Waals surface area contributed by atoms with Crippen molar-refractivity contribution in [3.63, 3.8) is 0 Å². The van der Waals surface area contributed by atoms with Gasteiger partial charge in [0.15, 0.2) is 0 Å². The van der Waals surface area contributed by atoms with E-state index in [9.17, 15) is 0 Å². The molecule has 0 heterocycles. The topological polar surface area (TPSA) is 55.4 Å². The Labute approximate surface area is 281 Å². The zero-order chi connectivity index (χ0) is 33.2. The molecule has 0 bridgehead atoms. The third kappa shape index (κ3) is 13.0. The predicted octanol–water partition coefficient (Wildman–Crippen LogP) is 8.72. The van der Waals surface area contributed by atoms with Crippen LogP contribution < -0.4 is 9.47 Å². The average molecular weight is 679 g/mol. The summed E-state index contributed by atoms with van der Waals surface area (Å²) in [6.07, 6.45) is 1.60. The molecule has 2 aromatic rings. The van der Waals surface area contributed by atoms with Crippen LogP contribution in [0.2, 0.25) is 36.3 Å². The summed E-state index contributed by atoms with van der Waals surface area (Å²) < 4.78 is 38.3. The first-order valence-electron chi connectivity index (χ1n) is 15.7. The van der Waals surface area contributed by atoms with Gasteiger partial charge in [-0.05, 0) is 0 Å². The molecule has 2 atom stereocenters. The van der Waals surface area contributed by atoms with Crippen LogP contribution in [0.3, 0.4) is 0 Å². The summed E-state index contributed by atoms with van der Waals surface area (Å²) in [5.74, 6) is 1.70. The molecular weight excluding hydrogens is 620 g/mol. The van der Waals surface area contributed by atoms with Crippen LogP contribution in [-0.2, 0) is 51.5 Å². The summed E-state index contributed by atoms with van der Waals surface area (Å²) in [6, 6.07) is 16.1. The molecule has 0 aliphatic carbocycles. The van der Waals surface area contributed by atoms with Gasteiger partial charge in [0, 0.05) is 0 Å². The third-order valence-electron chi connectivity index (χ3n) is 8.95. The summed E-state index contributed by atoms with van der Waals surface area (Å²) in [6.45, 7) is 25.1. The number of hydrogen-bond acceptors (Lipinski definition) is 6. The molecule has 2 aromatic carbocycles. The maximum atomic E-state index is 6.94. The van der Waals surface area contributed by atoms with Gasteiger partial charge >= 0.3 is 283 Å². The molecule has 44 heavy (non-hydrogen) atoms. The van der Waals surface area contributed by atoms with E-state index in [-0.39, 0.29) is 22.3 Å². The summed E-state index contributed by atoms with van der Waals surface area (Å²) in [5.41, 5.74) is 2.24. The molecule has 244 valence electrons. The van der Waals surface area contributed by atoms with E-state index in [1.807, 2.05) is 24.3 Å². The second-order valence-electron chi connectivity index (χ2n) is 14.7. The fourth-order valence-corrected chi connectivity index (χ4v) is 7.54. The Morgan fingerprint density at radius 3 is 1.20 bits per heavy atom. The summed E-state index contributed by atoms with van der Waals surface area (Å²) in [5, 5.41) is 0.219. The molecule has 0 saturated heterocycles. The summed E-state index contributed by atoms with van der Waals surface area (Å²) in [4.78, 5) is 0. The van der Waals surface area contributed by atoms with Gasteiger partial charge in [-0.3, -0.25) is 0 Å². The van der Waals surface area contributed by atoms with Crippen molar-refractivity contribution in [3.8, 4) is 11.5 Å². The van der Waals surface area contributed by atoms with E-state index in [0.29, 0.717) is 26.4 Å². The normalized spacial score (nSPS) is 14.3. The molecule has 0 aliphatic heterocycles. The number of benzene rings is 2. The quantitative estimate of drug-likeness (QED) is 0.147. The van der Waals surface area contributed by atoms with E-state index in [1.54, 1.807) is 14.2 Å². The summed E-state index contributed by atoms with van der Waals surface area (Å²) in [7, 11) is -0.660. The number of ether oxygens (including phenoxy) is 4. The van der Waals surface area contributed by atoms with E-state index in [4.69, 9.17) is 27.8 Å².